The summed E-state index contributed by atoms with van der Waals surface area (Å²) >= 11 is 8.09. The summed E-state index contributed by atoms with van der Waals surface area (Å²) in [6.07, 6.45) is 3.14. The molecule has 0 saturated carbocycles. The van der Waals surface area contributed by atoms with Crippen molar-refractivity contribution in [3.05, 3.63) is 45.6 Å². The number of halogens is 1. The van der Waals surface area contributed by atoms with Crippen LogP contribution in [-0.2, 0) is 6.42 Å². The summed E-state index contributed by atoms with van der Waals surface area (Å²) in [5, 5.41) is 16.1. The Hall–Kier alpha value is -1.63. The van der Waals surface area contributed by atoms with E-state index in [0.717, 1.165) is 51.7 Å². The van der Waals surface area contributed by atoms with Crippen LogP contribution in [0.1, 0.15) is 49.0 Å². The summed E-state index contributed by atoms with van der Waals surface area (Å²) in [5.74, 6) is 1.72. The number of rotatable bonds is 4. The van der Waals surface area contributed by atoms with E-state index in [1.807, 2.05) is 25.1 Å². The summed E-state index contributed by atoms with van der Waals surface area (Å²) in [7, 11) is 0. The van der Waals surface area contributed by atoms with E-state index >= 15 is 0 Å². The van der Waals surface area contributed by atoms with E-state index in [0.29, 0.717) is 0 Å². The molecule has 0 amide bonds. The molecule has 0 radical (unpaired) electrons. The summed E-state index contributed by atoms with van der Waals surface area (Å²) in [6, 6.07) is 7.98. The van der Waals surface area contributed by atoms with E-state index in [9.17, 15) is 5.11 Å². The van der Waals surface area contributed by atoms with Crippen LogP contribution in [0.4, 0.5) is 0 Å². The summed E-state index contributed by atoms with van der Waals surface area (Å²) in [4.78, 5) is 7.64. The summed E-state index contributed by atoms with van der Waals surface area (Å²) in [6.45, 7) is 6.48. The third-order valence-electron chi connectivity index (χ3n) is 5.36. The Kier molecular flexibility index (Phi) is 4.90. The zero-order chi connectivity index (χ0) is 18.3. The maximum Gasteiger partial charge on any atom is 0.235 e. The van der Waals surface area contributed by atoms with Gasteiger partial charge < -0.3 is 10.0 Å². The maximum absolute atomic E-state index is 10.9. The minimum atomic E-state index is 0.00905. The Labute approximate surface area is 162 Å². The SMILES string of the molecule is CCc1nc2sc([C@@H](c3ccccc3Cl)[NH+]3CCC(C)CC3)c(O)n2n1. The van der Waals surface area contributed by atoms with Crippen LogP contribution in [-0.4, -0.2) is 32.8 Å². The molecule has 7 heteroatoms. The van der Waals surface area contributed by atoms with E-state index in [2.05, 4.69) is 23.1 Å². The van der Waals surface area contributed by atoms with Gasteiger partial charge in [0.1, 0.15) is 4.88 Å². The fraction of sp³-hybridized carbons (Fsp3) is 0.474. The number of quaternary nitrogens is 1. The van der Waals surface area contributed by atoms with Crippen LogP contribution in [0.2, 0.25) is 5.02 Å². The zero-order valence-electron chi connectivity index (χ0n) is 15.1. The number of nitrogens with one attached hydrogen (secondary N) is 1. The number of fused-ring (bicyclic) bond motifs is 1. The van der Waals surface area contributed by atoms with E-state index < -0.39 is 0 Å². The molecule has 1 aliphatic heterocycles. The van der Waals surface area contributed by atoms with Crippen molar-refractivity contribution < 1.29 is 10.0 Å². The van der Waals surface area contributed by atoms with Gasteiger partial charge in [-0.1, -0.05) is 55.0 Å². The Morgan fingerprint density at radius 2 is 2.08 bits per heavy atom. The highest BCUT2D eigenvalue weighted by Crippen LogP contribution is 2.37. The molecule has 5 nitrogen and oxygen atoms in total. The first-order valence-electron chi connectivity index (χ1n) is 9.24. The Morgan fingerprint density at radius 1 is 1.35 bits per heavy atom. The minimum absolute atomic E-state index is 0.00905. The number of aromatic nitrogens is 3. The van der Waals surface area contributed by atoms with Gasteiger partial charge in [-0.2, -0.15) is 4.52 Å². The normalized spacial score (nSPS) is 22.0. The fourth-order valence-corrected chi connectivity index (χ4v) is 5.20. The lowest BCUT2D eigenvalue weighted by Crippen LogP contribution is -3.13. The molecule has 3 aromatic rings. The van der Waals surface area contributed by atoms with Crippen LogP contribution < -0.4 is 4.90 Å². The molecule has 0 bridgehead atoms. The molecule has 2 N–H and O–H groups in total. The van der Waals surface area contributed by atoms with E-state index in [1.165, 1.54) is 29.1 Å². The van der Waals surface area contributed by atoms with Crippen molar-refractivity contribution in [3.8, 4) is 5.88 Å². The fourth-order valence-electron chi connectivity index (χ4n) is 3.81. The second-order valence-electron chi connectivity index (χ2n) is 7.16. The van der Waals surface area contributed by atoms with Crippen molar-refractivity contribution in [2.75, 3.05) is 13.1 Å². The minimum Gasteiger partial charge on any atom is -0.492 e. The van der Waals surface area contributed by atoms with Gasteiger partial charge in [0.05, 0.1) is 18.1 Å². The highest BCUT2D eigenvalue weighted by molar-refractivity contribution is 7.17. The lowest BCUT2D eigenvalue weighted by atomic mass is 9.95. The molecule has 1 saturated heterocycles. The van der Waals surface area contributed by atoms with E-state index in [4.69, 9.17) is 11.6 Å². The molecular formula is C19H24ClN4OS+. The molecule has 3 heterocycles. The average Bonchev–Trinajstić information content (AvgIpc) is 3.18. The molecule has 138 valence electrons. The molecule has 4 rings (SSSR count). The molecule has 1 aromatic carbocycles. The highest BCUT2D eigenvalue weighted by Gasteiger charge is 2.35. The van der Waals surface area contributed by atoms with Crippen LogP contribution >= 0.6 is 22.9 Å². The number of thiazole rings is 1. The second-order valence-corrected chi connectivity index (χ2v) is 8.58. The molecule has 0 aliphatic carbocycles. The lowest BCUT2D eigenvalue weighted by molar-refractivity contribution is -0.931. The molecule has 26 heavy (non-hydrogen) atoms. The smallest absolute Gasteiger partial charge is 0.235 e. The van der Waals surface area contributed by atoms with Gasteiger partial charge in [0.2, 0.25) is 10.8 Å². The predicted octanol–water partition coefficient (Wildman–Crippen LogP) is 3.12. The van der Waals surface area contributed by atoms with Gasteiger partial charge in [-0.05, 0) is 24.8 Å². The Balaban J connectivity index is 1.81. The van der Waals surface area contributed by atoms with Gasteiger partial charge >= 0.3 is 0 Å². The van der Waals surface area contributed by atoms with E-state index in [1.54, 1.807) is 4.52 Å². The second kappa shape index (κ2) is 7.18. The van der Waals surface area contributed by atoms with Gasteiger partial charge in [0.25, 0.3) is 0 Å². The number of benzene rings is 1. The van der Waals surface area contributed by atoms with Crippen LogP contribution in [0.3, 0.4) is 0 Å². The van der Waals surface area contributed by atoms with Crippen LogP contribution in [0.5, 0.6) is 5.88 Å². The maximum atomic E-state index is 10.9. The van der Waals surface area contributed by atoms with Gasteiger partial charge in [-0.25, -0.2) is 4.98 Å². The van der Waals surface area contributed by atoms with Gasteiger partial charge in [-0.3, -0.25) is 0 Å². The summed E-state index contributed by atoms with van der Waals surface area (Å²) < 4.78 is 1.58. The van der Waals surface area contributed by atoms with Gasteiger partial charge in [0, 0.05) is 12.0 Å². The van der Waals surface area contributed by atoms with Crippen LogP contribution in [0.15, 0.2) is 24.3 Å². The molecule has 2 aromatic heterocycles. The van der Waals surface area contributed by atoms with Crippen LogP contribution in [0.25, 0.3) is 4.96 Å². The number of hydrogen-bond donors (Lipinski definition) is 2. The standard InChI is InChI=1S/C19H23ClN4OS/c1-3-15-21-19-24(22-15)18(25)17(26-19)16(13-6-4-5-7-14(13)20)23-10-8-12(2)9-11-23/h4-7,12,16,25H,3,8-11H2,1-2H3/p+1/t16-/m1/s1. The first kappa shape index (κ1) is 17.8. The topological polar surface area (TPSA) is 54.9 Å². The van der Waals surface area contributed by atoms with Gasteiger partial charge in [0.15, 0.2) is 11.9 Å². The number of likely N-dealkylation sites (tertiary alicyclic amines) is 1. The number of aromatic hydroxyl groups is 1. The zero-order valence-corrected chi connectivity index (χ0v) is 16.6. The molecule has 1 aliphatic rings. The van der Waals surface area contributed by atoms with Crippen molar-refractivity contribution >= 4 is 27.9 Å². The van der Waals surface area contributed by atoms with E-state index in [-0.39, 0.29) is 11.9 Å². The summed E-state index contributed by atoms with van der Waals surface area (Å²) in [5.41, 5.74) is 1.06. The first-order valence-corrected chi connectivity index (χ1v) is 10.4. The third kappa shape index (κ3) is 3.10. The monoisotopic (exact) mass is 391 g/mol. The number of aryl methyl sites for hydroxylation is 1. The van der Waals surface area contributed by atoms with Crippen molar-refractivity contribution in [2.45, 2.75) is 39.2 Å². The third-order valence-corrected chi connectivity index (χ3v) is 6.79. The van der Waals surface area contributed by atoms with Crippen molar-refractivity contribution in [2.24, 2.45) is 5.92 Å². The van der Waals surface area contributed by atoms with Gasteiger partial charge in [-0.15, -0.1) is 5.10 Å². The molecular weight excluding hydrogens is 368 g/mol. The van der Waals surface area contributed by atoms with Crippen molar-refractivity contribution in [1.29, 1.82) is 0 Å². The molecule has 0 spiro atoms. The van der Waals surface area contributed by atoms with Crippen molar-refractivity contribution in [1.82, 2.24) is 14.6 Å². The largest absolute Gasteiger partial charge is 0.492 e. The average molecular weight is 392 g/mol. The first-order chi connectivity index (χ1) is 12.6. The molecule has 0 unspecified atom stereocenters. The molecule has 1 atom stereocenters. The number of nitrogens with zero attached hydrogens (tertiary/aromatic N) is 3. The number of hydrogen-bond acceptors (Lipinski definition) is 4. The van der Waals surface area contributed by atoms with Crippen molar-refractivity contribution in [3.63, 3.8) is 0 Å². The highest BCUT2D eigenvalue weighted by atomic mass is 35.5. The Morgan fingerprint density at radius 3 is 2.73 bits per heavy atom. The lowest BCUT2D eigenvalue weighted by Gasteiger charge is -2.33. The quantitative estimate of drug-likeness (QED) is 0.718. The Bertz CT molecular complexity index is 914. The van der Waals surface area contributed by atoms with Crippen LogP contribution in [0, 0.1) is 5.92 Å². The predicted molar refractivity (Wildman–Crippen MR) is 104 cm³/mol. The number of piperidine rings is 1. The molecule has 1 fully saturated rings.